The minimum absolute atomic E-state index is 0.379. The molecule has 20 heavy (non-hydrogen) atoms. The number of hydrogen-bond acceptors (Lipinski definition) is 5. The second kappa shape index (κ2) is 6.37. The lowest BCUT2D eigenvalue weighted by Gasteiger charge is -2.08. The van der Waals surface area contributed by atoms with Crippen molar-refractivity contribution in [1.82, 2.24) is 9.97 Å². The number of anilines is 2. The lowest BCUT2D eigenvalue weighted by atomic mass is 10.4. The highest BCUT2D eigenvalue weighted by molar-refractivity contribution is 5.98. The van der Waals surface area contributed by atoms with Gasteiger partial charge in [-0.25, -0.2) is 14.8 Å². The maximum Gasteiger partial charge on any atom is 0.326 e. The molecule has 0 aliphatic carbocycles. The van der Waals surface area contributed by atoms with Gasteiger partial charge in [0, 0.05) is 24.5 Å². The van der Waals surface area contributed by atoms with E-state index in [1.165, 1.54) is 12.4 Å². The summed E-state index contributed by atoms with van der Waals surface area (Å²) >= 11 is 0. The Kier molecular flexibility index (Phi) is 4.33. The number of carbonyl (C=O) groups is 1. The minimum Gasteiger partial charge on any atom is -0.497 e. The highest BCUT2D eigenvalue weighted by Gasteiger charge is 2.06. The van der Waals surface area contributed by atoms with Gasteiger partial charge in [-0.2, -0.15) is 0 Å². The molecule has 2 aromatic rings. The third-order valence-corrected chi connectivity index (χ3v) is 2.42. The molecule has 7 nitrogen and oxygen atoms in total. The number of pyridine rings is 2. The summed E-state index contributed by atoms with van der Waals surface area (Å²) in [5.41, 5.74) is 0. The third-order valence-electron chi connectivity index (χ3n) is 2.42. The molecule has 0 unspecified atom stereocenters. The molecular formula is C13H14N4O3. The summed E-state index contributed by atoms with van der Waals surface area (Å²) in [4.78, 5) is 19.8. The fourth-order valence-corrected chi connectivity index (χ4v) is 1.48. The fourth-order valence-electron chi connectivity index (χ4n) is 1.48. The van der Waals surface area contributed by atoms with Crippen LogP contribution >= 0.6 is 0 Å². The van der Waals surface area contributed by atoms with Gasteiger partial charge in [0.15, 0.2) is 0 Å². The summed E-state index contributed by atoms with van der Waals surface area (Å²) in [6.07, 6.45) is 3.08. The summed E-state index contributed by atoms with van der Waals surface area (Å²) in [6, 6.07) is 6.14. The van der Waals surface area contributed by atoms with Gasteiger partial charge < -0.3 is 9.47 Å². The Morgan fingerprint density at radius 1 is 0.950 bits per heavy atom. The van der Waals surface area contributed by atoms with Gasteiger partial charge in [-0.05, 0) is 12.1 Å². The van der Waals surface area contributed by atoms with Crippen molar-refractivity contribution < 1.29 is 14.3 Å². The number of hydrogen-bond donors (Lipinski definition) is 2. The zero-order valence-corrected chi connectivity index (χ0v) is 11.1. The number of nitrogens with zero attached hydrogens (tertiary/aromatic N) is 2. The molecular weight excluding hydrogens is 260 g/mol. The molecule has 0 aromatic carbocycles. The van der Waals surface area contributed by atoms with Crippen LogP contribution in [-0.2, 0) is 0 Å². The van der Waals surface area contributed by atoms with Crippen molar-refractivity contribution in [2.75, 3.05) is 24.9 Å². The molecule has 2 heterocycles. The molecule has 0 spiro atoms. The van der Waals surface area contributed by atoms with Crippen molar-refractivity contribution in [3.05, 3.63) is 36.7 Å². The van der Waals surface area contributed by atoms with E-state index in [0.717, 1.165) is 0 Å². The second-order valence-corrected chi connectivity index (χ2v) is 3.74. The maximum absolute atomic E-state index is 11.8. The van der Waals surface area contributed by atoms with E-state index in [9.17, 15) is 4.79 Å². The first kappa shape index (κ1) is 13.6. The van der Waals surface area contributed by atoms with Gasteiger partial charge in [0.2, 0.25) is 0 Å². The van der Waals surface area contributed by atoms with Crippen LogP contribution in [0.25, 0.3) is 0 Å². The molecule has 0 saturated carbocycles. The number of nitrogens with one attached hydrogen (secondary N) is 2. The average molecular weight is 274 g/mol. The Labute approximate surface area is 116 Å². The molecule has 2 rings (SSSR count). The Morgan fingerprint density at radius 3 is 1.80 bits per heavy atom. The van der Waals surface area contributed by atoms with Gasteiger partial charge in [0.1, 0.15) is 23.1 Å². The zero-order valence-electron chi connectivity index (χ0n) is 11.1. The van der Waals surface area contributed by atoms with E-state index in [4.69, 9.17) is 9.47 Å². The number of carbonyl (C=O) groups excluding carboxylic acids is 1. The van der Waals surface area contributed by atoms with E-state index in [2.05, 4.69) is 20.6 Å². The molecule has 0 aliphatic heterocycles. The summed E-state index contributed by atoms with van der Waals surface area (Å²) in [6.45, 7) is 0. The molecule has 0 aliphatic rings. The maximum atomic E-state index is 11.8. The van der Waals surface area contributed by atoms with E-state index in [1.54, 1.807) is 38.5 Å². The molecule has 0 radical (unpaired) electrons. The zero-order chi connectivity index (χ0) is 14.4. The number of urea groups is 1. The average Bonchev–Trinajstić information content (AvgIpc) is 2.47. The van der Waals surface area contributed by atoms with Gasteiger partial charge >= 0.3 is 6.03 Å². The van der Waals surface area contributed by atoms with E-state index < -0.39 is 6.03 Å². The smallest absolute Gasteiger partial charge is 0.326 e. The van der Waals surface area contributed by atoms with E-state index in [1.807, 2.05) is 0 Å². The van der Waals surface area contributed by atoms with Crippen LogP contribution in [0.2, 0.25) is 0 Å². The molecule has 2 N–H and O–H groups in total. The van der Waals surface area contributed by atoms with Crippen molar-refractivity contribution in [1.29, 1.82) is 0 Å². The summed E-state index contributed by atoms with van der Waals surface area (Å²) in [5, 5.41) is 5.16. The van der Waals surface area contributed by atoms with Gasteiger partial charge in [-0.15, -0.1) is 0 Å². The summed E-state index contributed by atoms with van der Waals surface area (Å²) in [5.74, 6) is 1.97. The van der Waals surface area contributed by atoms with Gasteiger partial charge in [0.25, 0.3) is 0 Å². The van der Waals surface area contributed by atoms with Crippen molar-refractivity contribution in [2.45, 2.75) is 0 Å². The van der Waals surface area contributed by atoms with Gasteiger partial charge in [-0.3, -0.25) is 10.6 Å². The number of ether oxygens (including phenoxy) is 2. The normalized spacial score (nSPS) is 9.70. The van der Waals surface area contributed by atoms with Crippen LogP contribution < -0.4 is 20.1 Å². The van der Waals surface area contributed by atoms with Crippen molar-refractivity contribution in [3.63, 3.8) is 0 Å². The lowest BCUT2D eigenvalue weighted by Crippen LogP contribution is -2.20. The number of amides is 2. The number of methoxy groups -OCH3 is 2. The van der Waals surface area contributed by atoms with Crippen LogP contribution in [0.3, 0.4) is 0 Å². The van der Waals surface area contributed by atoms with E-state index in [-0.39, 0.29) is 0 Å². The molecule has 0 fully saturated rings. The molecule has 0 saturated heterocycles. The Balaban J connectivity index is 2.01. The largest absolute Gasteiger partial charge is 0.497 e. The van der Waals surface area contributed by atoms with Crippen LogP contribution in [-0.4, -0.2) is 30.2 Å². The van der Waals surface area contributed by atoms with Crippen LogP contribution in [0.5, 0.6) is 11.5 Å². The lowest BCUT2D eigenvalue weighted by molar-refractivity contribution is 0.262. The first-order valence-corrected chi connectivity index (χ1v) is 5.79. The second-order valence-electron chi connectivity index (χ2n) is 3.74. The molecule has 2 amide bonds. The predicted octanol–water partition coefficient (Wildman–Crippen LogP) is 2.14. The predicted molar refractivity (Wildman–Crippen MR) is 74.2 cm³/mol. The quantitative estimate of drug-likeness (QED) is 0.892. The van der Waals surface area contributed by atoms with Crippen LogP contribution in [0.15, 0.2) is 36.7 Å². The SMILES string of the molecule is COc1ccnc(NC(=O)Nc2cc(OC)ccn2)c1. The number of rotatable bonds is 4. The monoisotopic (exact) mass is 274 g/mol. The highest BCUT2D eigenvalue weighted by Crippen LogP contribution is 2.15. The summed E-state index contributed by atoms with van der Waals surface area (Å²) < 4.78 is 10.1. The first-order chi connectivity index (χ1) is 9.71. The van der Waals surface area contributed by atoms with Crippen LogP contribution in [0, 0.1) is 0 Å². The standard InChI is InChI=1S/C13H14N4O3/c1-19-9-3-5-14-11(7-9)16-13(18)17-12-8-10(20-2)4-6-15-12/h3-8H,1-2H3,(H2,14,15,16,17,18). The van der Waals surface area contributed by atoms with Crippen molar-refractivity contribution in [3.8, 4) is 11.5 Å². The van der Waals surface area contributed by atoms with Crippen LogP contribution in [0.4, 0.5) is 16.4 Å². The first-order valence-electron chi connectivity index (χ1n) is 5.79. The highest BCUT2D eigenvalue weighted by atomic mass is 16.5. The molecule has 0 atom stereocenters. The molecule has 0 bridgehead atoms. The molecule has 104 valence electrons. The Morgan fingerprint density at radius 2 is 1.40 bits per heavy atom. The molecule has 2 aromatic heterocycles. The third kappa shape index (κ3) is 3.58. The fraction of sp³-hybridized carbons (Fsp3) is 0.154. The summed E-state index contributed by atoms with van der Waals surface area (Å²) in [7, 11) is 3.08. The topological polar surface area (TPSA) is 85.4 Å². The van der Waals surface area contributed by atoms with Crippen molar-refractivity contribution in [2.24, 2.45) is 0 Å². The minimum atomic E-state index is -0.452. The van der Waals surface area contributed by atoms with Crippen molar-refractivity contribution >= 4 is 17.7 Å². The van der Waals surface area contributed by atoms with E-state index >= 15 is 0 Å². The van der Waals surface area contributed by atoms with Crippen LogP contribution in [0.1, 0.15) is 0 Å². The Hall–Kier alpha value is -2.83. The van der Waals surface area contributed by atoms with Gasteiger partial charge in [0.05, 0.1) is 14.2 Å². The Bertz CT molecular complexity index is 552. The number of aromatic nitrogens is 2. The molecule has 7 heteroatoms. The van der Waals surface area contributed by atoms with E-state index in [0.29, 0.717) is 23.1 Å². The van der Waals surface area contributed by atoms with Gasteiger partial charge in [-0.1, -0.05) is 0 Å².